The number of imide groups is 1. The van der Waals surface area contributed by atoms with Crippen LogP contribution in [0.3, 0.4) is 0 Å². The summed E-state index contributed by atoms with van der Waals surface area (Å²) in [5.41, 5.74) is 0. The summed E-state index contributed by atoms with van der Waals surface area (Å²) in [7, 11) is 0. The first-order valence-corrected chi connectivity index (χ1v) is 3.53. The maximum atomic E-state index is 12.1. The Hall–Kier alpha value is -0.748. The van der Waals surface area contributed by atoms with Crippen LogP contribution in [0.1, 0.15) is 0 Å². The lowest BCUT2D eigenvalue weighted by atomic mass is 9.94. The van der Waals surface area contributed by atoms with Crippen molar-refractivity contribution < 1.29 is 35.9 Å². The van der Waals surface area contributed by atoms with Gasteiger partial charge in [-0.1, -0.05) is 0 Å². The van der Waals surface area contributed by atoms with Gasteiger partial charge in [0.05, 0.1) is 0 Å². The molecule has 0 aromatic carbocycles. The highest BCUT2D eigenvalue weighted by Crippen LogP contribution is 2.43. The first-order chi connectivity index (χ1) is 6.55. The minimum Gasteiger partial charge on any atom is -0.295 e. The van der Waals surface area contributed by atoms with Crippen molar-refractivity contribution in [1.82, 2.24) is 5.32 Å². The summed E-state index contributed by atoms with van der Waals surface area (Å²) >= 11 is 0. The maximum Gasteiger partial charge on any atom is 0.401 e. The molecule has 2 amide bonds. The molecule has 1 rings (SSSR count). The van der Waals surface area contributed by atoms with Crippen LogP contribution in [-0.2, 0) is 9.59 Å². The van der Waals surface area contributed by atoms with Crippen molar-refractivity contribution in [1.29, 1.82) is 0 Å². The van der Waals surface area contributed by atoms with Gasteiger partial charge in [-0.15, -0.1) is 0 Å². The largest absolute Gasteiger partial charge is 0.401 e. The Morgan fingerprint density at radius 2 is 1.06 bits per heavy atom. The number of carbonyl (C=O) groups is 2. The van der Waals surface area contributed by atoms with Gasteiger partial charge in [-0.25, -0.2) is 0 Å². The van der Waals surface area contributed by atoms with Crippen molar-refractivity contribution in [2.45, 2.75) is 12.4 Å². The number of halogens is 6. The molecule has 1 aliphatic heterocycles. The van der Waals surface area contributed by atoms with Gasteiger partial charge in [0.2, 0.25) is 11.8 Å². The van der Waals surface area contributed by atoms with Gasteiger partial charge in [0.15, 0.2) is 29.2 Å². The van der Waals surface area contributed by atoms with Gasteiger partial charge >= 0.3 is 12.4 Å². The average Bonchev–Trinajstić information content (AvgIpc) is 2.22. The molecule has 1 aliphatic rings. The molecule has 0 spiro atoms. The van der Waals surface area contributed by atoms with Gasteiger partial charge < -0.3 is 0 Å². The van der Waals surface area contributed by atoms with Gasteiger partial charge in [0, 0.05) is 0 Å². The molecule has 0 aromatic heterocycles. The second-order valence-corrected chi connectivity index (χ2v) is 2.89. The van der Waals surface area contributed by atoms with Gasteiger partial charge in [0.25, 0.3) is 0 Å². The topological polar surface area (TPSA) is 46.2 Å². The summed E-state index contributed by atoms with van der Waals surface area (Å²) in [6.07, 6.45) is -10.8. The molecule has 16 heavy (non-hydrogen) atoms. The molecular formula is C6H6AlF6NO2. The van der Waals surface area contributed by atoms with E-state index >= 15 is 0 Å². The van der Waals surface area contributed by atoms with Crippen LogP contribution in [0, 0.1) is 11.8 Å². The highest BCUT2D eigenvalue weighted by molar-refractivity contribution is 6.05. The van der Waals surface area contributed by atoms with E-state index in [9.17, 15) is 35.9 Å². The second-order valence-electron chi connectivity index (χ2n) is 2.89. The molecule has 0 saturated carbocycles. The summed E-state index contributed by atoms with van der Waals surface area (Å²) in [5.74, 6) is -10.6. The molecule has 1 fully saturated rings. The quantitative estimate of drug-likeness (QED) is 0.375. The predicted octanol–water partition coefficient (Wildman–Crippen LogP) is -0.184. The van der Waals surface area contributed by atoms with Crippen molar-refractivity contribution in [3.05, 3.63) is 0 Å². The molecule has 1 N–H and O–H groups in total. The highest BCUT2D eigenvalue weighted by Gasteiger charge is 2.65. The Kier molecular flexibility index (Phi) is 4.06. The summed E-state index contributed by atoms with van der Waals surface area (Å²) < 4.78 is 72.3. The minimum absolute atomic E-state index is 0. The monoisotopic (exact) mass is 265 g/mol. The van der Waals surface area contributed by atoms with Gasteiger partial charge in [-0.3, -0.25) is 14.9 Å². The number of hydrogen-bond donors (Lipinski definition) is 1. The van der Waals surface area contributed by atoms with E-state index in [1.165, 1.54) is 0 Å². The van der Waals surface area contributed by atoms with Crippen molar-refractivity contribution in [3.63, 3.8) is 0 Å². The molecule has 2 unspecified atom stereocenters. The molecular weight excluding hydrogens is 259 g/mol. The molecule has 0 bridgehead atoms. The van der Waals surface area contributed by atoms with E-state index in [0.717, 1.165) is 5.32 Å². The Labute approximate surface area is 95.3 Å². The van der Waals surface area contributed by atoms with Crippen molar-refractivity contribution in [3.8, 4) is 0 Å². The third kappa shape index (κ3) is 2.68. The SMILES string of the molecule is O=C1NC(=O)C(C(F)(F)F)C1C(F)(F)F.[AlH3]. The van der Waals surface area contributed by atoms with Crippen LogP contribution in [0.2, 0.25) is 0 Å². The van der Waals surface area contributed by atoms with Crippen LogP contribution >= 0.6 is 0 Å². The summed E-state index contributed by atoms with van der Waals surface area (Å²) in [6.45, 7) is 0. The van der Waals surface area contributed by atoms with E-state index in [1.54, 1.807) is 0 Å². The van der Waals surface area contributed by atoms with Crippen LogP contribution in [0.15, 0.2) is 0 Å². The maximum absolute atomic E-state index is 12.1. The Bertz CT molecular complexity index is 281. The molecule has 0 aromatic rings. The lowest BCUT2D eigenvalue weighted by molar-refractivity contribution is -0.237. The molecule has 3 nitrogen and oxygen atoms in total. The number of nitrogens with one attached hydrogen (secondary N) is 1. The first-order valence-electron chi connectivity index (χ1n) is 3.53. The third-order valence-electron chi connectivity index (χ3n) is 1.85. The molecule has 0 radical (unpaired) electrons. The van der Waals surface area contributed by atoms with E-state index in [0.29, 0.717) is 0 Å². The first kappa shape index (κ1) is 15.3. The smallest absolute Gasteiger partial charge is 0.295 e. The second kappa shape index (κ2) is 4.26. The van der Waals surface area contributed by atoms with E-state index in [4.69, 9.17) is 0 Å². The normalized spacial score (nSPS) is 26.4. The summed E-state index contributed by atoms with van der Waals surface area (Å²) in [6, 6.07) is 0. The minimum atomic E-state index is -5.39. The Morgan fingerprint density at radius 3 is 1.25 bits per heavy atom. The fourth-order valence-electron chi connectivity index (χ4n) is 1.25. The fraction of sp³-hybridized carbons (Fsp3) is 0.667. The Morgan fingerprint density at radius 1 is 0.812 bits per heavy atom. The average molecular weight is 265 g/mol. The Balaban J connectivity index is 0.00000225. The van der Waals surface area contributed by atoms with Crippen LogP contribution in [0.4, 0.5) is 26.3 Å². The van der Waals surface area contributed by atoms with E-state index in [-0.39, 0.29) is 17.4 Å². The van der Waals surface area contributed by atoms with E-state index in [2.05, 4.69) is 0 Å². The highest BCUT2D eigenvalue weighted by atomic mass is 27.0. The zero-order chi connectivity index (χ0) is 12.0. The standard InChI is InChI=1S/C6H3F6NO2.Al.3H/c7-5(8,9)1-2(6(10,11)12)4(15)13-3(1)14;;;;/h1-2H,(H,13,14,15);;;;. The number of hydrogen-bond acceptors (Lipinski definition) is 2. The van der Waals surface area contributed by atoms with E-state index < -0.39 is 36.0 Å². The number of alkyl halides is 6. The predicted molar refractivity (Wildman–Crippen MR) is 42.2 cm³/mol. The lowest BCUT2D eigenvalue weighted by Gasteiger charge is -2.20. The van der Waals surface area contributed by atoms with Crippen LogP contribution in [-0.4, -0.2) is 41.5 Å². The zero-order valence-electron chi connectivity index (χ0n) is 6.74. The fourth-order valence-corrected chi connectivity index (χ4v) is 1.25. The van der Waals surface area contributed by atoms with Crippen molar-refractivity contribution in [2.75, 3.05) is 0 Å². The van der Waals surface area contributed by atoms with Gasteiger partial charge in [0.1, 0.15) is 0 Å². The zero-order valence-corrected chi connectivity index (χ0v) is 6.74. The van der Waals surface area contributed by atoms with Gasteiger partial charge in [-0.2, -0.15) is 26.3 Å². The van der Waals surface area contributed by atoms with E-state index in [1.807, 2.05) is 0 Å². The third-order valence-corrected chi connectivity index (χ3v) is 1.85. The van der Waals surface area contributed by atoms with Crippen LogP contribution in [0.25, 0.3) is 0 Å². The van der Waals surface area contributed by atoms with Crippen molar-refractivity contribution in [2.24, 2.45) is 11.8 Å². The molecule has 0 aliphatic carbocycles. The van der Waals surface area contributed by atoms with Crippen LogP contribution in [0.5, 0.6) is 0 Å². The number of carbonyl (C=O) groups excluding carboxylic acids is 2. The van der Waals surface area contributed by atoms with Crippen molar-refractivity contribution >= 4 is 29.2 Å². The molecule has 1 saturated heterocycles. The number of rotatable bonds is 0. The number of amides is 2. The molecule has 92 valence electrons. The van der Waals surface area contributed by atoms with Crippen LogP contribution < -0.4 is 5.32 Å². The molecule has 2 atom stereocenters. The molecule has 1 heterocycles. The summed E-state index contributed by atoms with van der Waals surface area (Å²) in [5, 5.41) is 1.01. The molecule has 10 heteroatoms. The van der Waals surface area contributed by atoms with Gasteiger partial charge in [-0.05, 0) is 0 Å². The summed E-state index contributed by atoms with van der Waals surface area (Å²) in [4.78, 5) is 21.1. The lowest BCUT2D eigenvalue weighted by Crippen LogP contribution is -2.40.